The van der Waals surface area contributed by atoms with Gasteiger partial charge in [-0.3, -0.25) is 4.79 Å². The van der Waals surface area contributed by atoms with Crippen molar-refractivity contribution in [3.05, 3.63) is 42.5 Å². The number of aliphatic carboxylic acids is 2. The summed E-state index contributed by atoms with van der Waals surface area (Å²) in [5.41, 5.74) is 3.56. The van der Waals surface area contributed by atoms with Crippen LogP contribution in [0.1, 0.15) is 32.6 Å². The molecule has 0 bridgehead atoms. The van der Waals surface area contributed by atoms with Crippen molar-refractivity contribution >= 4 is 39.9 Å². The summed E-state index contributed by atoms with van der Waals surface area (Å²) in [7, 11) is 0. The number of rotatable bonds is 11. The van der Waals surface area contributed by atoms with E-state index in [1.165, 1.54) is 0 Å². The van der Waals surface area contributed by atoms with E-state index in [1.54, 1.807) is 0 Å². The molecule has 0 spiro atoms. The van der Waals surface area contributed by atoms with Gasteiger partial charge in [-0.15, -0.1) is 0 Å². The third-order valence-electron chi connectivity index (χ3n) is 5.07. The smallest absolute Gasteiger partial charge is 0.326 e. The highest BCUT2D eigenvalue weighted by Crippen LogP contribution is 2.24. The molecule has 3 rings (SSSR count). The fourth-order valence-corrected chi connectivity index (χ4v) is 3.54. The number of carboxylic acid groups (broad SMARTS) is 2. The summed E-state index contributed by atoms with van der Waals surface area (Å²) in [6.45, 7) is 3.07. The molecule has 0 radical (unpaired) electrons. The molecule has 0 fully saturated rings. The van der Waals surface area contributed by atoms with Gasteiger partial charge in [-0.2, -0.15) is 4.57 Å². The van der Waals surface area contributed by atoms with Gasteiger partial charge in [0.1, 0.15) is 18.1 Å². The second kappa shape index (κ2) is 10.5. The minimum atomic E-state index is -1.36. The predicted octanol–water partition coefficient (Wildman–Crippen LogP) is 0.954. The summed E-state index contributed by atoms with van der Waals surface area (Å²) >= 11 is 0. The summed E-state index contributed by atoms with van der Waals surface area (Å²) in [5.74, 6) is -2.52. The molecule has 1 unspecified atom stereocenters. The number of fused-ring (bicyclic) bond motifs is 2. The van der Waals surface area contributed by atoms with Gasteiger partial charge in [0.05, 0.1) is 6.61 Å². The van der Waals surface area contributed by atoms with E-state index in [-0.39, 0.29) is 19.4 Å². The molecule has 0 aliphatic heterocycles. The van der Waals surface area contributed by atoms with Gasteiger partial charge in [0, 0.05) is 24.5 Å². The van der Waals surface area contributed by atoms with Crippen LogP contribution in [0.4, 0.5) is 0 Å². The minimum Gasteiger partial charge on any atom is -0.550 e. The molecule has 1 heterocycles. The molecule has 3 aromatic rings. The fourth-order valence-electron chi connectivity index (χ4n) is 3.54. The standard InChI is InChI=1S/C23H25N3O6/c1-2-26-17-8-4-3-7-15(17)25-22-18(26)9-5-10-19(22)32-14-6-11-20(27)24-16(23(30)31)12-13-21(28)29/h3-5,7-10,16H,2,6,11-14H2,1H3,(H2-,24,27,28,29,30,31). The van der Waals surface area contributed by atoms with Gasteiger partial charge in [-0.05, 0) is 38.3 Å². The Labute approximate surface area is 184 Å². The van der Waals surface area contributed by atoms with Crippen LogP contribution in [0.3, 0.4) is 0 Å². The van der Waals surface area contributed by atoms with Crippen molar-refractivity contribution in [3.8, 4) is 5.75 Å². The van der Waals surface area contributed by atoms with Crippen LogP contribution in [0.25, 0.3) is 22.1 Å². The number of ether oxygens (including phenoxy) is 1. The van der Waals surface area contributed by atoms with Crippen LogP contribution in [-0.4, -0.2) is 40.6 Å². The van der Waals surface area contributed by atoms with Crippen molar-refractivity contribution in [2.45, 2.75) is 45.2 Å². The lowest BCUT2D eigenvalue weighted by Gasteiger charge is -2.15. The van der Waals surface area contributed by atoms with Crippen molar-refractivity contribution in [1.82, 2.24) is 10.3 Å². The quantitative estimate of drug-likeness (QED) is 0.258. The second-order valence-corrected chi connectivity index (χ2v) is 7.29. The average Bonchev–Trinajstić information content (AvgIpc) is 2.77. The van der Waals surface area contributed by atoms with E-state index < -0.39 is 30.3 Å². The molecule has 0 saturated carbocycles. The number of nitrogens with one attached hydrogen (secondary N) is 1. The predicted molar refractivity (Wildman–Crippen MR) is 114 cm³/mol. The zero-order chi connectivity index (χ0) is 23.1. The number of carbonyl (C=O) groups excluding carboxylic acids is 2. The van der Waals surface area contributed by atoms with E-state index in [0.29, 0.717) is 12.2 Å². The maximum absolute atomic E-state index is 12.0. The second-order valence-electron chi connectivity index (χ2n) is 7.29. The Balaban J connectivity index is 1.63. The first-order chi connectivity index (χ1) is 15.4. The van der Waals surface area contributed by atoms with Crippen molar-refractivity contribution < 1.29 is 33.9 Å². The molecule has 1 aromatic heterocycles. The molecule has 0 aliphatic rings. The molecular formula is C23H25N3O6. The van der Waals surface area contributed by atoms with E-state index >= 15 is 0 Å². The molecule has 9 nitrogen and oxygen atoms in total. The lowest BCUT2D eigenvalue weighted by atomic mass is 10.1. The maximum atomic E-state index is 12.0. The lowest BCUT2D eigenvalue weighted by Crippen LogP contribution is -2.41. The van der Waals surface area contributed by atoms with Crippen LogP contribution in [0.2, 0.25) is 0 Å². The van der Waals surface area contributed by atoms with E-state index in [9.17, 15) is 19.5 Å². The number of benzene rings is 2. The number of aromatic nitrogens is 2. The summed E-state index contributed by atoms with van der Waals surface area (Å²) in [6.07, 6.45) is -0.268. The molecule has 9 heteroatoms. The van der Waals surface area contributed by atoms with Gasteiger partial charge in [0.15, 0.2) is 11.3 Å². The van der Waals surface area contributed by atoms with Crippen molar-refractivity contribution in [2.75, 3.05) is 6.61 Å². The van der Waals surface area contributed by atoms with Gasteiger partial charge in [0.25, 0.3) is 0 Å². The Morgan fingerprint density at radius 1 is 1.12 bits per heavy atom. The summed E-state index contributed by atoms with van der Waals surface area (Å²) in [6, 6.07) is 12.3. The van der Waals surface area contributed by atoms with Crippen LogP contribution >= 0.6 is 0 Å². The highest BCUT2D eigenvalue weighted by atomic mass is 16.5. The van der Waals surface area contributed by atoms with Gasteiger partial charge >= 0.3 is 5.97 Å². The topological polar surface area (TPSA) is 133 Å². The first kappa shape index (κ1) is 22.9. The van der Waals surface area contributed by atoms with Crippen molar-refractivity contribution in [1.29, 1.82) is 0 Å². The van der Waals surface area contributed by atoms with Gasteiger partial charge in [-0.25, -0.2) is 9.78 Å². The summed E-state index contributed by atoms with van der Waals surface area (Å²) < 4.78 is 8.05. The Kier molecular flexibility index (Phi) is 7.54. The number of amides is 1. The normalized spacial score (nSPS) is 11.9. The maximum Gasteiger partial charge on any atom is 0.326 e. The minimum absolute atomic E-state index is 0.0468. The zero-order valence-electron chi connectivity index (χ0n) is 17.7. The Morgan fingerprint density at radius 3 is 2.59 bits per heavy atom. The summed E-state index contributed by atoms with van der Waals surface area (Å²) in [5, 5.41) is 22.0. The van der Waals surface area contributed by atoms with Crippen LogP contribution in [-0.2, 0) is 20.9 Å². The van der Waals surface area contributed by atoms with Crippen molar-refractivity contribution in [3.63, 3.8) is 0 Å². The van der Waals surface area contributed by atoms with Crippen LogP contribution < -0.4 is 19.7 Å². The molecule has 1 atom stereocenters. The molecule has 32 heavy (non-hydrogen) atoms. The molecule has 0 saturated heterocycles. The van der Waals surface area contributed by atoms with Gasteiger partial charge in [-0.1, -0.05) is 18.2 Å². The number of carboxylic acids is 2. The van der Waals surface area contributed by atoms with Crippen LogP contribution in [0, 0.1) is 0 Å². The van der Waals surface area contributed by atoms with Crippen molar-refractivity contribution in [2.24, 2.45) is 0 Å². The third kappa shape index (κ3) is 5.48. The molecule has 0 aliphatic carbocycles. The van der Waals surface area contributed by atoms with E-state index in [2.05, 4.69) is 16.8 Å². The van der Waals surface area contributed by atoms with Crippen LogP contribution in [0.5, 0.6) is 5.75 Å². The molecule has 2 N–H and O–H groups in total. The Hall–Kier alpha value is -3.75. The number of aryl methyl sites for hydroxylation is 1. The number of hydrogen-bond donors (Lipinski definition) is 2. The molecule has 168 valence electrons. The van der Waals surface area contributed by atoms with Gasteiger partial charge in [0.2, 0.25) is 16.9 Å². The highest BCUT2D eigenvalue weighted by molar-refractivity contribution is 5.85. The molecule has 2 aromatic carbocycles. The summed E-state index contributed by atoms with van der Waals surface area (Å²) in [4.78, 5) is 38.5. The van der Waals surface area contributed by atoms with Crippen LogP contribution in [0.15, 0.2) is 42.5 Å². The number of carbonyl (C=O) groups is 3. The first-order valence-electron chi connectivity index (χ1n) is 10.5. The van der Waals surface area contributed by atoms with E-state index in [4.69, 9.17) is 14.8 Å². The number of hydrogen-bond acceptors (Lipinski definition) is 6. The SMILES string of the molecule is CC[n+]1c2ccccc2nc2c(OCCCC(=O)NC(CCC(=O)[O-])C(=O)O)cccc21. The average molecular weight is 439 g/mol. The Bertz CT molecular complexity index is 1150. The Morgan fingerprint density at radius 2 is 1.88 bits per heavy atom. The first-order valence-corrected chi connectivity index (χ1v) is 10.5. The number of nitrogens with zero attached hydrogens (tertiary/aromatic N) is 2. The largest absolute Gasteiger partial charge is 0.550 e. The zero-order valence-corrected chi connectivity index (χ0v) is 17.7. The third-order valence-corrected chi connectivity index (χ3v) is 5.07. The number of para-hydroxylation sites is 3. The lowest BCUT2D eigenvalue weighted by molar-refractivity contribution is -0.641. The molecule has 1 amide bonds. The molecular weight excluding hydrogens is 414 g/mol. The monoisotopic (exact) mass is 439 g/mol. The fraction of sp³-hybridized carbons (Fsp3) is 0.348. The van der Waals surface area contributed by atoms with E-state index in [1.807, 2.05) is 42.5 Å². The van der Waals surface area contributed by atoms with E-state index in [0.717, 1.165) is 28.6 Å². The highest BCUT2D eigenvalue weighted by Gasteiger charge is 2.20. The van der Waals surface area contributed by atoms with Gasteiger partial charge < -0.3 is 25.1 Å².